The number of halogens is 2. The Kier molecular flexibility index (Phi) is 6.47. The van der Waals surface area contributed by atoms with Gasteiger partial charge in [-0.2, -0.15) is 9.77 Å². The van der Waals surface area contributed by atoms with Crippen LogP contribution in [0.3, 0.4) is 0 Å². The predicted molar refractivity (Wildman–Crippen MR) is 123 cm³/mol. The van der Waals surface area contributed by atoms with Crippen LogP contribution in [0.5, 0.6) is 0 Å². The minimum atomic E-state index is -0.673. The normalized spacial score (nSPS) is 14.8. The molecule has 3 aromatic rings. The zero-order valence-electron chi connectivity index (χ0n) is 16.9. The van der Waals surface area contributed by atoms with Crippen LogP contribution in [0.1, 0.15) is 11.4 Å². The average Bonchev–Trinajstić information content (AvgIpc) is 3.28. The van der Waals surface area contributed by atoms with Gasteiger partial charge in [0.2, 0.25) is 5.91 Å². The van der Waals surface area contributed by atoms with Gasteiger partial charge in [-0.1, -0.05) is 41.6 Å². The summed E-state index contributed by atoms with van der Waals surface area (Å²) >= 11 is 6.96. The van der Waals surface area contributed by atoms with E-state index in [1.807, 2.05) is 0 Å². The van der Waals surface area contributed by atoms with Crippen molar-refractivity contribution in [3.63, 3.8) is 0 Å². The molecule has 10 nitrogen and oxygen atoms in total. The Labute approximate surface area is 195 Å². The van der Waals surface area contributed by atoms with Crippen molar-refractivity contribution in [2.75, 3.05) is 16.5 Å². The zero-order valence-corrected chi connectivity index (χ0v) is 18.5. The Balaban J connectivity index is 1.45. The van der Waals surface area contributed by atoms with Crippen LogP contribution in [-0.2, 0) is 22.6 Å². The molecule has 170 valence electrons. The lowest BCUT2D eigenvalue weighted by Crippen LogP contribution is -2.35. The summed E-state index contributed by atoms with van der Waals surface area (Å²) in [5, 5.41) is 8.84. The highest BCUT2D eigenvalue weighted by Gasteiger charge is 2.30. The van der Waals surface area contributed by atoms with E-state index in [2.05, 4.69) is 15.6 Å². The molecule has 4 rings (SSSR count). The van der Waals surface area contributed by atoms with E-state index in [9.17, 15) is 18.8 Å². The zero-order chi connectivity index (χ0) is 23.5. The van der Waals surface area contributed by atoms with E-state index in [-0.39, 0.29) is 29.1 Å². The van der Waals surface area contributed by atoms with Crippen LogP contribution in [0.25, 0.3) is 0 Å². The molecule has 0 aliphatic carbocycles. The third-order valence-electron chi connectivity index (χ3n) is 4.62. The number of aromatic nitrogens is 3. The Morgan fingerprint density at radius 2 is 2.00 bits per heavy atom. The van der Waals surface area contributed by atoms with Gasteiger partial charge in [0.1, 0.15) is 12.4 Å². The number of nitrogens with zero attached hydrogens (tertiary/aromatic N) is 5. The van der Waals surface area contributed by atoms with Gasteiger partial charge in [0.05, 0.1) is 11.4 Å². The number of amidine groups is 1. The third-order valence-corrected chi connectivity index (χ3v) is 5.79. The number of nitrogens with one attached hydrogen (secondary N) is 1. The summed E-state index contributed by atoms with van der Waals surface area (Å²) in [5.41, 5.74) is 2.75. The molecular formula is C20H17ClFN7O3S. The molecule has 1 fully saturated rings. The fourth-order valence-electron chi connectivity index (χ4n) is 3.07. The van der Waals surface area contributed by atoms with Crippen LogP contribution in [0, 0.1) is 5.82 Å². The van der Waals surface area contributed by atoms with Crippen LogP contribution >= 0.6 is 23.4 Å². The molecule has 1 aromatic heterocycles. The molecule has 33 heavy (non-hydrogen) atoms. The summed E-state index contributed by atoms with van der Waals surface area (Å²) in [6.07, 6.45) is 0.265. The molecule has 1 saturated heterocycles. The Hall–Kier alpha value is -3.64. The van der Waals surface area contributed by atoms with Crippen molar-refractivity contribution in [2.45, 2.75) is 13.0 Å². The lowest BCUT2D eigenvalue weighted by atomic mass is 10.1. The Morgan fingerprint density at radius 1 is 1.24 bits per heavy atom. The lowest BCUT2D eigenvalue weighted by Gasteiger charge is -2.15. The summed E-state index contributed by atoms with van der Waals surface area (Å²) in [6.45, 7) is -0.438. The van der Waals surface area contributed by atoms with E-state index in [1.54, 1.807) is 30.3 Å². The van der Waals surface area contributed by atoms with Gasteiger partial charge in [-0.15, -0.1) is 5.10 Å². The van der Waals surface area contributed by atoms with E-state index in [4.69, 9.17) is 17.4 Å². The molecule has 3 N–H and O–H groups in total. The summed E-state index contributed by atoms with van der Waals surface area (Å²) in [7, 11) is 0. The van der Waals surface area contributed by atoms with Gasteiger partial charge in [-0.3, -0.25) is 14.5 Å². The number of thioether (sulfide) groups is 1. The van der Waals surface area contributed by atoms with Crippen molar-refractivity contribution in [1.29, 1.82) is 0 Å². The molecule has 0 radical (unpaired) electrons. The highest BCUT2D eigenvalue weighted by atomic mass is 35.5. The number of anilines is 1. The molecule has 2 heterocycles. The molecule has 0 bridgehead atoms. The van der Waals surface area contributed by atoms with Crippen molar-refractivity contribution in [1.82, 2.24) is 19.9 Å². The molecule has 13 heteroatoms. The van der Waals surface area contributed by atoms with Crippen LogP contribution in [-0.4, -0.2) is 37.2 Å². The fraction of sp³-hybridized carbons (Fsp3) is 0.150. The highest BCUT2D eigenvalue weighted by Crippen LogP contribution is 2.26. The largest absolute Gasteiger partial charge is 0.365 e. The first-order valence-electron chi connectivity index (χ1n) is 9.58. The van der Waals surface area contributed by atoms with E-state index >= 15 is 0 Å². The summed E-state index contributed by atoms with van der Waals surface area (Å²) in [5.74, 6) is 4.69. The number of benzene rings is 2. The second-order valence-electron chi connectivity index (χ2n) is 6.96. The third kappa shape index (κ3) is 5.07. The smallest absolute Gasteiger partial charge is 0.333 e. The van der Waals surface area contributed by atoms with Gasteiger partial charge in [0.15, 0.2) is 11.0 Å². The molecule has 0 saturated carbocycles. The SMILES string of the molecule is Nn1c(Cc2ccc(Cl)cc2)nn(CC(=O)N/N=C2\SCC(=O)N2c2cccc(F)c2)c1=O. The van der Waals surface area contributed by atoms with Crippen LogP contribution in [0.4, 0.5) is 10.1 Å². The lowest BCUT2D eigenvalue weighted by molar-refractivity contribution is -0.122. The first kappa shape index (κ1) is 22.6. The van der Waals surface area contributed by atoms with E-state index < -0.39 is 24.0 Å². The average molecular weight is 490 g/mol. The first-order valence-corrected chi connectivity index (χ1v) is 10.9. The minimum Gasteiger partial charge on any atom is -0.333 e. The number of nitrogens with two attached hydrogens (primary N) is 1. The van der Waals surface area contributed by atoms with Gasteiger partial charge in [-0.25, -0.2) is 19.3 Å². The molecule has 1 aliphatic heterocycles. The number of nitrogen functional groups attached to an aromatic ring is 1. The maximum absolute atomic E-state index is 13.5. The fourth-order valence-corrected chi connectivity index (χ4v) is 4.02. The predicted octanol–water partition coefficient (Wildman–Crippen LogP) is 1.31. The van der Waals surface area contributed by atoms with Crippen LogP contribution < -0.4 is 21.9 Å². The number of amides is 2. The van der Waals surface area contributed by atoms with Gasteiger partial charge >= 0.3 is 5.69 Å². The quantitative estimate of drug-likeness (QED) is 0.397. The second-order valence-corrected chi connectivity index (χ2v) is 8.34. The van der Waals surface area contributed by atoms with Gasteiger partial charge in [0, 0.05) is 11.4 Å². The number of carbonyl (C=O) groups excluding carboxylic acids is 2. The molecule has 0 atom stereocenters. The number of rotatable bonds is 6. The Morgan fingerprint density at radius 3 is 2.73 bits per heavy atom. The molecule has 2 aromatic carbocycles. The summed E-state index contributed by atoms with van der Waals surface area (Å²) in [4.78, 5) is 38.1. The standard InChI is InChI=1S/C20H17ClFN7O3S/c21-13-6-4-12(5-7-13)8-16-26-27(20(32)29(16)23)10-17(30)24-25-19-28(18(31)11-33-19)15-3-1-2-14(22)9-15/h1-7,9H,8,10-11,23H2,(H,24,30)/b25-19-. The van der Waals surface area contributed by atoms with Gasteiger partial charge in [0.25, 0.3) is 5.91 Å². The van der Waals surface area contributed by atoms with Gasteiger partial charge < -0.3 is 5.84 Å². The van der Waals surface area contributed by atoms with E-state index in [0.29, 0.717) is 10.7 Å². The summed E-state index contributed by atoms with van der Waals surface area (Å²) < 4.78 is 15.3. The number of hydrazone groups is 1. The highest BCUT2D eigenvalue weighted by molar-refractivity contribution is 8.15. The number of hydrogen-bond donors (Lipinski definition) is 2. The van der Waals surface area contributed by atoms with Crippen molar-refractivity contribution >= 4 is 46.0 Å². The van der Waals surface area contributed by atoms with Crippen molar-refractivity contribution in [2.24, 2.45) is 5.10 Å². The minimum absolute atomic E-state index is 0.0936. The number of hydrogen-bond acceptors (Lipinski definition) is 7. The molecule has 0 unspecified atom stereocenters. The first-order chi connectivity index (χ1) is 15.8. The van der Waals surface area contributed by atoms with Crippen LogP contribution in [0.15, 0.2) is 58.4 Å². The molecular weight excluding hydrogens is 473 g/mol. The second kappa shape index (κ2) is 9.46. The van der Waals surface area contributed by atoms with E-state index in [0.717, 1.165) is 26.7 Å². The van der Waals surface area contributed by atoms with Crippen molar-refractivity contribution in [3.8, 4) is 0 Å². The monoisotopic (exact) mass is 489 g/mol. The van der Waals surface area contributed by atoms with Crippen molar-refractivity contribution in [3.05, 3.63) is 81.2 Å². The van der Waals surface area contributed by atoms with Gasteiger partial charge in [-0.05, 0) is 35.9 Å². The molecule has 2 amide bonds. The summed E-state index contributed by atoms with van der Waals surface area (Å²) in [6, 6.07) is 12.4. The maximum Gasteiger partial charge on any atom is 0.365 e. The van der Waals surface area contributed by atoms with E-state index in [1.165, 1.54) is 23.1 Å². The molecule has 0 spiro atoms. The number of carbonyl (C=O) groups is 2. The van der Waals surface area contributed by atoms with Crippen molar-refractivity contribution < 1.29 is 14.0 Å². The maximum atomic E-state index is 13.5. The Bertz CT molecular complexity index is 1310. The topological polar surface area (TPSA) is 128 Å². The molecule has 1 aliphatic rings. The van der Waals surface area contributed by atoms with Crippen LogP contribution in [0.2, 0.25) is 5.02 Å².